The number of hydrogen-bond donors (Lipinski definition) is 3. The van der Waals surface area contributed by atoms with Crippen molar-refractivity contribution in [2.45, 2.75) is 83.0 Å². The number of carbonyl (C=O) groups excluding carboxylic acids is 3. The van der Waals surface area contributed by atoms with Crippen molar-refractivity contribution >= 4 is 45.0 Å². The number of nitrogens with zero attached hydrogens (tertiary/aromatic N) is 2. The molecule has 4 N–H and O–H groups in total. The molecule has 1 aromatic heterocycles. The zero-order valence-electron chi connectivity index (χ0n) is 21.5. The van der Waals surface area contributed by atoms with Crippen LogP contribution in [0.1, 0.15) is 90.4 Å². The number of rotatable bonds is 7. The molecule has 3 fully saturated rings. The van der Waals surface area contributed by atoms with Crippen LogP contribution in [0.25, 0.3) is 0 Å². The summed E-state index contributed by atoms with van der Waals surface area (Å²) in [5.74, 6) is 0.572. The smallest absolute Gasteiger partial charge is 0.252 e. The van der Waals surface area contributed by atoms with Gasteiger partial charge in [0.1, 0.15) is 5.82 Å². The van der Waals surface area contributed by atoms with E-state index in [2.05, 4.69) is 36.4 Å². The monoisotopic (exact) mass is 567 g/mol. The van der Waals surface area contributed by atoms with E-state index in [0.717, 1.165) is 44.3 Å². The molecule has 2 aromatic rings. The standard InChI is InChI=1S/C28H34BrN5O3/c1-28(2,3)33-23-13-20(22(29)12-21(23)26(30)36)27(37)32-17-10-18-7-8-19(11-17)34(18)24-9-6-16(14-31-24)25(35)15-4-5-15/h6,9,12-15,17-19,33H,4-5,7-8,10-11H2,1-3H3,(H2,30,36)(H,32,37)/t17-,18+,19-. The minimum Gasteiger partial charge on any atom is -0.380 e. The fraction of sp³-hybridized carbons (Fsp3) is 0.500. The molecule has 0 spiro atoms. The molecule has 1 saturated carbocycles. The lowest BCUT2D eigenvalue weighted by Gasteiger charge is -2.40. The second kappa shape index (κ2) is 9.74. The van der Waals surface area contributed by atoms with Crippen LogP contribution in [-0.4, -0.2) is 46.2 Å². The first-order valence-corrected chi connectivity index (χ1v) is 13.8. The van der Waals surface area contributed by atoms with Crippen LogP contribution < -0.4 is 21.3 Å². The molecule has 9 heteroatoms. The Morgan fingerprint density at radius 2 is 1.70 bits per heavy atom. The van der Waals surface area contributed by atoms with Gasteiger partial charge in [0.2, 0.25) is 0 Å². The van der Waals surface area contributed by atoms with Gasteiger partial charge in [-0.15, -0.1) is 0 Å². The topological polar surface area (TPSA) is 117 Å². The summed E-state index contributed by atoms with van der Waals surface area (Å²) >= 11 is 3.46. The summed E-state index contributed by atoms with van der Waals surface area (Å²) in [7, 11) is 0. The van der Waals surface area contributed by atoms with E-state index >= 15 is 0 Å². The molecule has 1 aromatic carbocycles. The summed E-state index contributed by atoms with van der Waals surface area (Å²) in [6.45, 7) is 5.95. The summed E-state index contributed by atoms with van der Waals surface area (Å²) < 4.78 is 0.531. The number of Topliss-reactive ketones (excluding diaryl/α,β-unsaturated/α-hetero) is 1. The Morgan fingerprint density at radius 1 is 1.03 bits per heavy atom. The highest BCUT2D eigenvalue weighted by atomic mass is 79.9. The minimum atomic E-state index is -0.554. The van der Waals surface area contributed by atoms with Crippen molar-refractivity contribution < 1.29 is 14.4 Å². The molecule has 3 heterocycles. The quantitative estimate of drug-likeness (QED) is 0.418. The third-order valence-electron chi connectivity index (χ3n) is 7.44. The van der Waals surface area contributed by atoms with Crippen LogP contribution in [0.15, 0.2) is 34.9 Å². The number of benzene rings is 1. The molecule has 0 radical (unpaired) electrons. The van der Waals surface area contributed by atoms with Crippen LogP contribution >= 0.6 is 15.9 Å². The highest BCUT2D eigenvalue weighted by Crippen LogP contribution is 2.39. The second-order valence-electron chi connectivity index (χ2n) is 11.6. The van der Waals surface area contributed by atoms with E-state index in [0.29, 0.717) is 38.9 Å². The number of aromatic nitrogens is 1. The van der Waals surface area contributed by atoms with Crippen molar-refractivity contribution in [1.82, 2.24) is 10.3 Å². The number of amides is 2. The summed E-state index contributed by atoms with van der Waals surface area (Å²) in [5.41, 5.74) is 7.32. The summed E-state index contributed by atoms with van der Waals surface area (Å²) in [4.78, 5) is 44.7. The van der Waals surface area contributed by atoms with E-state index < -0.39 is 5.91 Å². The summed E-state index contributed by atoms with van der Waals surface area (Å²) in [5, 5.41) is 6.52. The first-order valence-electron chi connectivity index (χ1n) is 13.0. The predicted octanol–water partition coefficient (Wildman–Crippen LogP) is 4.68. The van der Waals surface area contributed by atoms with Crippen LogP contribution in [0.5, 0.6) is 0 Å². The van der Waals surface area contributed by atoms with Crippen LogP contribution in [0.4, 0.5) is 11.5 Å². The number of carbonyl (C=O) groups is 3. The number of anilines is 2. The number of nitrogens with two attached hydrogens (primary N) is 1. The van der Waals surface area contributed by atoms with E-state index in [-0.39, 0.29) is 29.2 Å². The number of ketones is 1. The zero-order chi connectivity index (χ0) is 26.5. The largest absolute Gasteiger partial charge is 0.380 e. The van der Waals surface area contributed by atoms with Crippen molar-refractivity contribution in [2.24, 2.45) is 11.7 Å². The molecule has 2 saturated heterocycles. The fourth-order valence-corrected chi connectivity index (χ4v) is 6.18. The second-order valence-corrected chi connectivity index (χ2v) is 12.4. The van der Waals surface area contributed by atoms with Gasteiger partial charge in [-0.2, -0.15) is 0 Å². The zero-order valence-corrected chi connectivity index (χ0v) is 23.1. The Morgan fingerprint density at radius 3 is 2.24 bits per heavy atom. The SMILES string of the molecule is CC(C)(C)Nc1cc(C(=O)N[C@H]2C[C@H]3CC[C@@H](C2)N3c2ccc(C(=O)C3CC3)cn2)c(Br)cc1C(N)=O. The molecular formula is C28H34BrN5O3. The lowest BCUT2D eigenvalue weighted by Crippen LogP contribution is -2.50. The maximum atomic E-state index is 13.3. The Labute approximate surface area is 225 Å². The molecule has 196 valence electrons. The number of primary amides is 1. The van der Waals surface area contributed by atoms with E-state index in [4.69, 9.17) is 5.73 Å². The van der Waals surface area contributed by atoms with E-state index in [1.54, 1.807) is 18.3 Å². The molecule has 3 atom stereocenters. The molecule has 2 aliphatic heterocycles. The summed E-state index contributed by atoms with van der Waals surface area (Å²) in [6.07, 6.45) is 7.47. The molecule has 37 heavy (non-hydrogen) atoms. The van der Waals surface area contributed by atoms with Crippen LogP contribution in [0.3, 0.4) is 0 Å². The van der Waals surface area contributed by atoms with Gasteiger partial charge in [0.05, 0.1) is 11.1 Å². The van der Waals surface area contributed by atoms with Gasteiger partial charge in [0.15, 0.2) is 5.78 Å². The van der Waals surface area contributed by atoms with Crippen molar-refractivity contribution in [3.8, 4) is 0 Å². The van der Waals surface area contributed by atoms with Gasteiger partial charge < -0.3 is 21.3 Å². The Balaban J connectivity index is 1.28. The molecular weight excluding hydrogens is 534 g/mol. The van der Waals surface area contributed by atoms with Gasteiger partial charge in [0, 0.05) is 51.5 Å². The van der Waals surface area contributed by atoms with Gasteiger partial charge in [-0.05, 0) is 99.5 Å². The van der Waals surface area contributed by atoms with Gasteiger partial charge in [-0.25, -0.2) is 4.98 Å². The molecule has 0 unspecified atom stereocenters. The third kappa shape index (κ3) is 5.51. The van der Waals surface area contributed by atoms with E-state index in [1.165, 1.54) is 0 Å². The van der Waals surface area contributed by atoms with E-state index in [1.807, 2.05) is 32.9 Å². The third-order valence-corrected chi connectivity index (χ3v) is 8.10. The Hall–Kier alpha value is -2.94. The van der Waals surface area contributed by atoms with Gasteiger partial charge in [-0.3, -0.25) is 14.4 Å². The number of pyridine rings is 1. The summed E-state index contributed by atoms with van der Waals surface area (Å²) in [6, 6.07) is 7.82. The molecule has 2 bridgehead atoms. The van der Waals surface area contributed by atoms with Crippen molar-refractivity contribution in [3.63, 3.8) is 0 Å². The number of fused-ring (bicyclic) bond motifs is 2. The first-order chi connectivity index (χ1) is 17.5. The van der Waals surface area contributed by atoms with Crippen LogP contribution in [0, 0.1) is 5.92 Å². The molecule has 1 aliphatic carbocycles. The average Bonchev–Trinajstić information content (AvgIpc) is 3.63. The van der Waals surface area contributed by atoms with Crippen molar-refractivity contribution in [1.29, 1.82) is 0 Å². The number of nitrogens with one attached hydrogen (secondary N) is 2. The van der Waals surface area contributed by atoms with Gasteiger partial charge in [0.25, 0.3) is 11.8 Å². The average molecular weight is 569 g/mol. The molecule has 2 amide bonds. The lowest BCUT2D eigenvalue weighted by atomic mass is 9.96. The lowest BCUT2D eigenvalue weighted by molar-refractivity contribution is 0.0923. The van der Waals surface area contributed by atoms with E-state index in [9.17, 15) is 14.4 Å². The number of hydrogen-bond acceptors (Lipinski definition) is 6. The minimum absolute atomic E-state index is 0.0405. The molecule has 5 rings (SSSR count). The number of piperidine rings is 1. The number of halogens is 1. The highest BCUT2D eigenvalue weighted by molar-refractivity contribution is 9.10. The Bertz CT molecular complexity index is 1220. The fourth-order valence-electron chi connectivity index (χ4n) is 5.66. The molecule has 3 aliphatic rings. The van der Waals surface area contributed by atoms with Gasteiger partial charge >= 0.3 is 0 Å². The Kier molecular flexibility index (Phi) is 6.77. The van der Waals surface area contributed by atoms with Crippen LogP contribution in [0.2, 0.25) is 0 Å². The van der Waals surface area contributed by atoms with Crippen LogP contribution in [-0.2, 0) is 0 Å². The van der Waals surface area contributed by atoms with Crippen molar-refractivity contribution in [3.05, 3.63) is 51.6 Å². The normalized spacial score (nSPS) is 23.0. The maximum absolute atomic E-state index is 13.3. The van der Waals surface area contributed by atoms with Gasteiger partial charge in [-0.1, -0.05) is 0 Å². The highest BCUT2D eigenvalue weighted by Gasteiger charge is 2.42. The molecule has 8 nitrogen and oxygen atoms in total. The first kappa shape index (κ1) is 25.7. The van der Waals surface area contributed by atoms with Crippen molar-refractivity contribution in [2.75, 3.05) is 10.2 Å². The maximum Gasteiger partial charge on any atom is 0.252 e. The predicted molar refractivity (Wildman–Crippen MR) is 147 cm³/mol.